The lowest BCUT2D eigenvalue weighted by Crippen LogP contribution is -2.20. The maximum absolute atomic E-state index is 5.54. The zero-order valence-electron chi connectivity index (χ0n) is 11.0. The molecular formula is C16H21NO. The SMILES string of the molecule is C#CCCCC(NCC)c1ccc2c(c1)CCO2. The van der Waals surface area contributed by atoms with Crippen LogP contribution in [0.3, 0.4) is 0 Å². The van der Waals surface area contributed by atoms with E-state index in [1.807, 2.05) is 0 Å². The second-order valence-corrected chi connectivity index (χ2v) is 4.67. The highest BCUT2D eigenvalue weighted by molar-refractivity contribution is 5.40. The van der Waals surface area contributed by atoms with Crippen molar-refractivity contribution in [3.63, 3.8) is 0 Å². The van der Waals surface area contributed by atoms with Gasteiger partial charge in [-0.25, -0.2) is 0 Å². The Balaban J connectivity index is 2.07. The second kappa shape index (κ2) is 6.47. The summed E-state index contributed by atoms with van der Waals surface area (Å²) in [4.78, 5) is 0. The molecule has 2 nitrogen and oxygen atoms in total. The maximum Gasteiger partial charge on any atom is 0.122 e. The van der Waals surface area contributed by atoms with Crippen LogP contribution in [0.1, 0.15) is 43.4 Å². The second-order valence-electron chi connectivity index (χ2n) is 4.67. The van der Waals surface area contributed by atoms with Gasteiger partial charge < -0.3 is 10.1 Å². The van der Waals surface area contributed by atoms with Crippen LogP contribution in [0.2, 0.25) is 0 Å². The van der Waals surface area contributed by atoms with Gasteiger partial charge in [-0.3, -0.25) is 0 Å². The Labute approximate surface area is 110 Å². The molecular weight excluding hydrogens is 222 g/mol. The Morgan fingerprint density at radius 3 is 3.17 bits per heavy atom. The minimum Gasteiger partial charge on any atom is -0.493 e. The average Bonchev–Trinajstić information content (AvgIpc) is 2.85. The number of hydrogen-bond donors (Lipinski definition) is 1. The van der Waals surface area contributed by atoms with Crippen LogP contribution in [-0.4, -0.2) is 13.2 Å². The van der Waals surface area contributed by atoms with E-state index in [2.05, 4.69) is 36.4 Å². The fourth-order valence-corrected chi connectivity index (χ4v) is 2.46. The van der Waals surface area contributed by atoms with E-state index < -0.39 is 0 Å². The summed E-state index contributed by atoms with van der Waals surface area (Å²) in [6.45, 7) is 3.95. The van der Waals surface area contributed by atoms with Gasteiger partial charge in [0.15, 0.2) is 0 Å². The van der Waals surface area contributed by atoms with E-state index in [1.165, 1.54) is 11.1 Å². The molecule has 2 rings (SSSR count). The van der Waals surface area contributed by atoms with E-state index in [0.29, 0.717) is 6.04 Å². The lowest BCUT2D eigenvalue weighted by atomic mass is 9.98. The molecule has 1 atom stereocenters. The summed E-state index contributed by atoms with van der Waals surface area (Å²) in [6, 6.07) is 6.97. The molecule has 1 heterocycles. The molecule has 1 aromatic carbocycles. The highest BCUT2D eigenvalue weighted by Gasteiger charge is 2.16. The molecule has 1 N–H and O–H groups in total. The monoisotopic (exact) mass is 243 g/mol. The highest BCUT2D eigenvalue weighted by atomic mass is 16.5. The van der Waals surface area contributed by atoms with Crippen molar-refractivity contribution in [1.82, 2.24) is 5.32 Å². The Kier molecular flexibility index (Phi) is 4.66. The molecule has 1 aromatic rings. The van der Waals surface area contributed by atoms with Gasteiger partial charge >= 0.3 is 0 Å². The number of fused-ring (bicyclic) bond motifs is 1. The van der Waals surface area contributed by atoms with Gasteiger partial charge in [0.25, 0.3) is 0 Å². The number of nitrogens with one attached hydrogen (secondary N) is 1. The molecule has 2 heteroatoms. The quantitative estimate of drug-likeness (QED) is 0.612. The summed E-state index contributed by atoms with van der Waals surface area (Å²) >= 11 is 0. The predicted octanol–water partition coefficient (Wildman–Crippen LogP) is 3.08. The number of ether oxygens (including phenoxy) is 1. The van der Waals surface area contributed by atoms with Crippen molar-refractivity contribution >= 4 is 0 Å². The summed E-state index contributed by atoms with van der Waals surface area (Å²) in [6.07, 6.45) is 9.37. The third-order valence-electron chi connectivity index (χ3n) is 3.38. The van der Waals surface area contributed by atoms with Gasteiger partial charge in [0.1, 0.15) is 5.75 Å². The van der Waals surface area contributed by atoms with Crippen molar-refractivity contribution in [2.45, 2.75) is 38.6 Å². The Morgan fingerprint density at radius 2 is 2.39 bits per heavy atom. The predicted molar refractivity (Wildman–Crippen MR) is 74.7 cm³/mol. The molecule has 0 spiro atoms. The molecule has 0 aliphatic carbocycles. The molecule has 0 saturated carbocycles. The first-order valence-electron chi connectivity index (χ1n) is 6.77. The van der Waals surface area contributed by atoms with Crippen molar-refractivity contribution in [3.8, 4) is 18.1 Å². The van der Waals surface area contributed by atoms with Crippen molar-refractivity contribution in [3.05, 3.63) is 29.3 Å². The molecule has 1 aliphatic rings. The van der Waals surface area contributed by atoms with Crippen molar-refractivity contribution in [2.75, 3.05) is 13.2 Å². The summed E-state index contributed by atoms with van der Waals surface area (Å²) < 4.78 is 5.54. The molecule has 0 amide bonds. The van der Waals surface area contributed by atoms with Crippen LogP contribution in [0.25, 0.3) is 0 Å². The summed E-state index contributed by atoms with van der Waals surface area (Å²) in [5.41, 5.74) is 2.70. The number of terminal acetylenes is 1. The summed E-state index contributed by atoms with van der Waals surface area (Å²) in [5.74, 6) is 3.76. The Bertz CT molecular complexity index is 433. The van der Waals surface area contributed by atoms with Gasteiger partial charge in [-0.2, -0.15) is 0 Å². The average molecular weight is 243 g/mol. The van der Waals surface area contributed by atoms with E-state index >= 15 is 0 Å². The van der Waals surface area contributed by atoms with E-state index in [4.69, 9.17) is 11.2 Å². The number of rotatable bonds is 6. The summed E-state index contributed by atoms with van der Waals surface area (Å²) in [5, 5.41) is 3.54. The van der Waals surface area contributed by atoms with Gasteiger partial charge in [-0.1, -0.05) is 19.1 Å². The third kappa shape index (κ3) is 3.05. The van der Waals surface area contributed by atoms with E-state index in [1.54, 1.807) is 0 Å². The normalized spacial score (nSPS) is 14.7. The number of benzene rings is 1. The molecule has 18 heavy (non-hydrogen) atoms. The molecule has 0 bridgehead atoms. The fourth-order valence-electron chi connectivity index (χ4n) is 2.46. The minimum absolute atomic E-state index is 0.411. The van der Waals surface area contributed by atoms with Gasteiger partial charge in [0.2, 0.25) is 0 Å². The smallest absolute Gasteiger partial charge is 0.122 e. The zero-order valence-corrected chi connectivity index (χ0v) is 11.0. The lowest BCUT2D eigenvalue weighted by Gasteiger charge is -2.18. The van der Waals surface area contributed by atoms with E-state index in [-0.39, 0.29) is 0 Å². The van der Waals surface area contributed by atoms with Crippen LogP contribution in [0.15, 0.2) is 18.2 Å². The Morgan fingerprint density at radius 1 is 1.50 bits per heavy atom. The first-order chi connectivity index (χ1) is 8.85. The third-order valence-corrected chi connectivity index (χ3v) is 3.38. The molecule has 1 unspecified atom stereocenters. The van der Waals surface area contributed by atoms with E-state index in [0.717, 1.165) is 44.6 Å². The lowest BCUT2D eigenvalue weighted by molar-refractivity contribution is 0.356. The van der Waals surface area contributed by atoms with Crippen molar-refractivity contribution in [2.24, 2.45) is 0 Å². The number of hydrogen-bond acceptors (Lipinski definition) is 2. The standard InChI is InChI=1S/C16H21NO/c1-3-5-6-7-15(17-4-2)13-8-9-16-14(12-13)10-11-18-16/h1,8-9,12,15,17H,4-7,10-11H2,2H3. The van der Waals surface area contributed by atoms with E-state index in [9.17, 15) is 0 Å². The van der Waals surface area contributed by atoms with Crippen LogP contribution in [-0.2, 0) is 6.42 Å². The summed E-state index contributed by atoms with van der Waals surface area (Å²) in [7, 11) is 0. The van der Waals surface area contributed by atoms with Gasteiger partial charge in [0.05, 0.1) is 6.61 Å². The molecule has 0 fully saturated rings. The highest BCUT2D eigenvalue weighted by Crippen LogP contribution is 2.29. The molecule has 0 radical (unpaired) electrons. The van der Waals surface area contributed by atoms with Crippen LogP contribution in [0.5, 0.6) is 5.75 Å². The van der Waals surface area contributed by atoms with Crippen molar-refractivity contribution in [1.29, 1.82) is 0 Å². The Hall–Kier alpha value is -1.46. The molecule has 0 saturated heterocycles. The van der Waals surface area contributed by atoms with Crippen LogP contribution in [0.4, 0.5) is 0 Å². The van der Waals surface area contributed by atoms with Crippen LogP contribution < -0.4 is 10.1 Å². The van der Waals surface area contributed by atoms with Crippen LogP contribution >= 0.6 is 0 Å². The number of unbranched alkanes of at least 4 members (excludes halogenated alkanes) is 1. The zero-order chi connectivity index (χ0) is 12.8. The van der Waals surface area contributed by atoms with Crippen molar-refractivity contribution < 1.29 is 4.74 Å². The molecule has 1 aliphatic heterocycles. The molecule has 0 aromatic heterocycles. The first-order valence-corrected chi connectivity index (χ1v) is 6.77. The first kappa shape index (κ1) is 13.0. The minimum atomic E-state index is 0.411. The molecule has 96 valence electrons. The maximum atomic E-state index is 5.54. The topological polar surface area (TPSA) is 21.3 Å². The largest absolute Gasteiger partial charge is 0.493 e. The van der Waals surface area contributed by atoms with Gasteiger partial charge in [-0.15, -0.1) is 12.3 Å². The van der Waals surface area contributed by atoms with Gasteiger partial charge in [0, 0.05) is 18.9 Å². The fraction of sp³-hybridized carbons (Fsp3) is 0.500. The van der Waals surface area contributed by atoms with Gasteiger partial charge in [-0.05, 0) is 36.6 Å². The van der Waals surface area contributed by atoms with Crippen LogP contribution in [0, 0.1) is 12.3 Å².